The van der Waals surface area contributed by atoms with Gasteiger partial charge in [-0.15, -0.1) is 0 Å². The van der Waals surface area contributed by atoms with Crippen molar-refractivity contribution in [1.29, 1.82) is 0 Å². The molecule has 0 radical (unpaired) electrons. The van der Waals surface area contributed by atoms with Crippen LogP contribution in [0.4, 0.5) is 0 Å². The van der Waals surface area contributed by atoms with Gasteiger partial charge in [0.1, 0.15) is 0 Å². The average Bonchev–Trinajstić information content (AvgIpc) is 3.03. The summed E-state index contributed by atoms with van der Waals surface area (Å²) in [5, 5.41) is 6.65. The molecular formula is C19H27N3O. The maximum atomic E-state index is 12.3. The van der Waals surface area contributed by atoms with Gasteiger partial charge in [-0.05, 0) is 49.7 Å². The Morgan fingerprint density at radius 3 is 2.52 bits per heavy atom. The van der Waals surface area contributed by atoms with Gasteiger partial charge in [-0.2, -0.15) is 0 Å². The standard InChI is InChI=1S/C19H27N3O/c23-18(15-4-2-1-3-5-15)21-16-8-11-22(12-16)17-6-9-19(10-7-17)13-20-14-19/h1-5,16-17,20H,6-14H2,(H,21,23). The molecule has 124 valence electrons. The summed E-state index contributed by atoms with van der Waals surface area (Å²) in [5.41, 5.74) is 1.40. The molecular weight excluding hydrogens is 286 g/mol. The van der Waals surface area contributed by atoms with Crippen LogP contribution in [0.15, 0.2) is 30.3 Å². The zero-order valence-electron chi connectivity index (χ0n) is 13.8. The molecule has 2 aliphatic heterocycles. The van der Waals surface area contributed by atoms with E-state index >= 15 is 0 Å². The predicted molar refractivity (Wildman–Crippen MR) is 91.4 cm³/mol. The van der Waals surface area contributed by atoms with E-state index in [4.69, 9.17) is 0 Å². The highest BCUT2D eigenvalue weighted by molar-refractivity contribution is 5.94. The van der Waals surface area contributed by atoms with E-state index in [-0.39, 0.29) is 5.91 Å². The number of likely N-dealkylation sites (tertiary alicyclic amines) is 1. The second-order valence-electron chi connectivity index (χ2n) is 7.65. The molecule has 2 heterocycles. The molecule has 1 aromatic carbocycles. The van der Waals surface area contributed by atoms with Gasteiger partial charge in [0, 0.05) is 43.8 Å². The lowest BCUT2D eigenvalue weighted by molar-refractivity contribution is 0.0576. The van der Waals surface area contributed by atoms with Crippen molar-refractivity contribution in [2.24, 2.45) is 5.41 Å². The minimum Gasteiger partial charge on any atom is -0.348 e. The average molecular weight is 313 g/mol. The third kappa shape index (κ3) is 3.15. The summed E-state index contributed by atoms with van der Waals surface area (Å²) in [5.74, 6) is 0.0700. The van der Waals surface area contributed by atoms with E-state index in [2.05, 4.69) is 15.5 Å². The highest BCUT2D eigenvalue weighted by Gasteiger charge is 2.42. The van der Waals surface area contributed by atoms with Crippen LogP contribution in [0, 0.1) is 5.41 Å². The van der Waals surface area contributed by atoms with Gasteiger partial charge < -0.3 is 10.6 Å². The Bertz CT molecular complexity index is 545. The summed E-state index contributed by atoms with van der Waals surface area (Å²) in [6, 6.07) is 10.6. The molecule has 1 aromatic rings. The zero-order chi connectivity index (χ0) is 15.7. The number of nitrogens with one attached hydrogen (secondary N) is 2. The van der Waals surface area contributed by atoms with E-state index in [9.17, 15) is 4.79 Å². The van der Waals surface area contributed by atoms with Crippen LogP contribution in [0.5, 0.6) is 0 Å². The molecule has 1 amide bonds. The predicted octanol–water partition coefficient (Wildman–Crippen LogP) is 2.02. The van der Waals surface area contributed by atoms with Gasteiger partial charge in [0.15, 0.2) is 0 Å². The lowest BCUT2D eigenvalue weighted by Crippen LogP contribution is -2.56. The number of nitrogens with zero attached hydrogens (tertiary/aromatic N) is 1. The minimum absolute atomic E-state index is 0.0700. The summed E-state index contributed by atoms with van der Waals surface area (Å²) in [6.07, 6.45) is 6.51. The van der Waals surface area contributed by atoms with E-state index in [0.717, 1.165) is 31.1 Å². The van der Waals surface area contributed by atoms with Crippen molar-refractivity contribution >= 4 is 5.91 Å². The van der Waals surface area contributed by atoms with Crippen molar-refractivity contribution < 1.29 is 4.79 Å². The Hall–Kier alpha value is -1.39. The quantitative estimate of drug-likeness (QED) is 0.897. The molecule has 1 saturated carbocycles. The van der Waals surface area contributed by atoms with E-state index in [1.54, 1.807) is 0 Å². The fourth-order valence-corrected chi connectivity index (χ4v) is 4.51. The summed E-state index contributed by atoms with van der Waals surface area (Å²) in [7, 11) is 0. The van der Waals surface area contributed by atoms with Gasteiger partial charge in [-0.1, -0.05) is 18.2 Å². The summed E-state index contributed by atoms with van der Waals surface area (Å²) in [4.78, 5) is 14.9. The number of carbonyl (C=O) groups excluding carboxylic acids is 1. The number of benzene rings is 1. The second kappa shape index (κ2) is 6.25. The molecule has 2 N–H and O–H groups in total. The van der Waals surface area contributed by atoms with Crippen LogP contribution in [-0.2, 0) is 0 Å². The smallest absolute Gasteiger partial charge is 0.251 e. The van der Waals surface area contributed by atoms with Gasteiger partial charge in [0.05, 0.1) is 0 Å². The van der Waals surface area contributed by atoms with Crippen molar-refractivity contribution in [1.82, 2.24) is 15.5 Å². The van der Waals surface area contributed by atoms with Gasteiger partial charge >= 0.3 is 0 Å². The van der Waals surface area contributed by atoms with Crippen LogP contribution in [0.2, 0.25) is 0 Å². The molecule has 1 atom stereocenters. The third-order valence-corrected chi connectivity index (χ3v) is 6.12. The van der Waals surface area contributed by atoms with Crippen molar-refractivity contribution in [3.05, 3.63) is 35.9 Å². The monoisotopic (exact) mass is 313 g/mol. The Kier molecular flexibility index (Phi) is 4.12. The van der Waals surface area contributed by atoms with Crippen molar-refractivity contribution in [2.45, 2.75) is 44.2 Å². The first-order valence-corrected chi connectivity index (χ1v) is 9.05. The normalized spacial score (nSPS) is 27.7. The third-order valence-electron chi connectivity index (χ3n) is 6.12. The molecule has 23 heavy (non-hydrogen) atoms. The number of carbonyl (C=O) groups is 1. The molecule has 2 saturated heterocycles. The first-order valence-electron chi connectivity index (χ1n) is 9.05. The van der Waals surface area contributed by atoms with E-state index in [0.29, 0.717) is 11.5 Å². The Balaban J connectivity index is 1.27. The first-order chi connectivity index (χ1) is 11.2. The topological polar surface area (TPSA) is 44.4 Å². The lowest BCUT2D eigenvalue weighted by Gasteiger charge is -2.48. The number of hydrogen-bond donors (Lipinski definition) is 2. The first kappa shape index (κ1) is 15.2. The minimum atomic E-state index is 0.0700. The van der Waals surface area contributed by atoms with E-state index in [1.807, 2.05) is 30.3 Å². The molecule has 4 heteroatoms. The summed E-state index contributed by atoms with van der Waals surface area (Å²) >= 11 is 0. The molecule has 3 aliphatic rings. The van der Waals surface area contributed by atoms with Gasteiger partial charge in [-0.25, -0.2) is 0 Å². The molecule has 1 aliphatic carbocycles. The molecule has 1 unspecified atom stereocenters. The Morgan fingerprint density at radius 2 is 1.87 bits per heavy atom. The van der Waals surface area contributed by atoms with Crippen molar-refractivity contribution in [2.75, 3.05) is 26.2 Å². The fraction of sp³-hybridized carbons (Fsp3) is 0.632. The molecule has 1 spiro atoms. The van der Waals surface area contributed by atoms with Crippen LogP contribution < -0.4 is 10.6 Å². The van der Waals surface area contributed by atoms with Crippen molar-refractivity contribution in [3.8, 4) is 0 Å². The summed E-state index contributed by atoms with van der Waals surface area (Å²) in [6.45, 7) is 4.62. The van der Waals surface area contributed by atoms with Gasteiger partial charge in [-0.3, -0.25) is 9.69 Å². The maximum absolute atomic E-state index is 12.3. The largest absolute Gasteiger partial charge is 0.348 e. The van der Waals surface area contributed by atoms with Crippen LogP contribution in [0.25, 0.3) is 0 Å². The summed E-state index contributed by atoms with van der Waals surface area (Å²) < 4.78 is 0. The molecule has 4 rings (SSSR count). The SMILES string of the molecule is O=C(NC1CCN(C2CCC3(CC2)CNC3)C1)c1ccccc1. The van der Waals surface area contributed by atoms with Crippen LogP contribution in [0.3, 0.4) is 0 Å². The van der Waals surface area contributed by atoms with Gasteiger partial charge in [0.25, 0.3) is 5.91 Å². The number of hydrogen-bond acceptors (Lipinski definition) is 3. The Morgan fingerprint density at radius 1 is 1.13 bits per heavy atom. The van der Waals surface area contributed by atoms with E-state index < -0.39 is 0 Å². The van der Waals surface area contributed by atoms with Crippen LogP contribution in [0.1, 0.15) is 42.5 Å². The highest BCUT2D eigenvalue weighted by Crippen LogP contribution is 2.41. The fourth-order valence-electron chi connectivity index (χ4n) is 4.51. The zero-order valence-corrected chi connectivity index (χ0v) is 13.8. The number of rotatable bonds is 3. The Labute approximate surface area is 138 Å². The molecule has 0 bridgehead atoms. The molecule has 3 fully saturated rings. The van der Waals surface area contributed by atoms with E-state index in [1.165, 1.54) is 38.8 Å². The molecule has 4 nitrogen and oxygen atoms in total. The van der Waals surface area contributed by atoms with Gasteiger partial charge in [0.2, 0.25) is 0 Å². The molecule has 0 aromatic heterocycles. The van der Waals surface area contributed by atoms with Crippen LogP contribution >= 0.6 is 0 Å². The highest BCUT2D eigenvalue weighted by atomic mass is 16.1. The van der Waals surface area contributed by atoms with Crippen LogP contribution in [-0.4, -0.2) is 49.1 Å². The lowest BCUT2D eigenvalue weighted by atomic mass is 9.68. The maximum Gasteiger partial charge on any atom is 0.251 e. The second-order valence-corrected chi connectivity index (χ2v) is 7.65. The number of amides is 1. The van der Waals surface area contributed by atoms with Crippen molar-refractivity contribution in [3.63, 3.8) is 0 Å².